The number of thiophene rings is 1. The van der Waals surface area contributed by atoms with Crippen molar-refractivity contribution in [3.8, 4) is 39.1 Å². The van der Waals surface area contributed by atoms with Crippen LogP contribution in [0.15, 0.2) is 54.7 Å². The maximum Gasteiger partial charge on any atom is 0.345 e. The van der Waals surface area contributed by atoms with Crippen molar-refractivity contribution in [1.82, 2.24) is 24.8 Å². The molecule has 0 amide bonds. The predicted molar refractivity (Wildman–Crippen MR) is 188 cm³/mol. The van der Waals surface area contributed by atoms with Gasteiger partial charge in [-0.25, -0.2) is 19.2 Å². The van der Waals surface area contributed by atoms with E-state index in [9.17, 15) is 19.4 Å². The van der Waals surface area contributed by atoms with Gasteiger partial charge in [0, 0.05) is 67.8 Å². The topological polar surface area (TPSA) is 121 Å². The normalized spacial score (nSPS) is 14.6. The van der Waals surface area contributed by atoms with Crippen molar-refractivity contribution in [2.75, 3.05) is 46.4 Å². The summed E-state index contributed by atoms with van der Waals surface area (Å²) >= 11 is 8.29. The zero-order valence-corrected chi connectivity index (χ0v) is 29.0. The fourth-order valence-corrected chi connectivity index (χ4v) is 7.17. The van der Waals surface area contributed by atoms with Crippen molar-refractivity contribution in [2.24, 2.45) is 0 Å². The van der Waals surface area contributed by atoms with E-state index in [2.05, 4.69) is 26.8 Å². The molecule has 0 spiro atoms. The summed E-state index contributed by atoms with van der Waals surface area (Å²) in [7, 11) is 2.12. The van der Waals surface area contributed by atoms with E-state index >= 15 is 0 Å². The summed E-state index contributed by atoms with van der Waals surface area (Å²) in [5, 5.41) is 21.4. The van der Waals surface area contributed by atoms with Crippen LogP contribution in [0.5, 0.6) is 17.5 Å². The fourth-order valence-electron chi connectivity index (χ4n) is 5.76. The Labute approximate surface area is 292 Å². The van der Waals surface area contributed by atoms with Crippen LogP contribution >= 0.6 is 22.9 Å². The summed E-state index contributed by atoms with van der Waals surface area (Å²) in [6.45, 7) is 8.90. The molecule has 10 nitrogen and oxygen atoms in total. The second kappa shape index (κ2) is 15.0. The molecular weight excluding hydrogens is 669 g/mol. The van der Waals surface area contributed by atoms with Crippen molar-refractivity contribution in [2.45, 2.75) is 32.8 Å². The number of ether oxygens (including phenoxy) is 2. The Morgan fingerprint density at radius 2 is 1.82 bits per heavy atom. The summed E-state index contributed by atoms with van der Waals surface area (Å²) in [4.78, 5) is 32.6. The molecule has 13 heteroatoms. The highest BCUT2D eigenvalue weighted by molar-refractivity contribution is 7.22. The molecule has 3 aromatic heterocycles. The van der Waals surface area contributed by atoms with Gasteiger partial charge in [0.05, 0.1) is 5.39 Å². The zero-order valence-electron chi connectivity index (χ0n) is 27.4. The van der Waals surface area contributed by atoms with Crippen molar-refractivity contribution >= 4 is 39.1 Å². The van der Waals surface area contributed by atoms with Crippen molar-refractivity contribution in [1.29, 1.82) is 0 Å². The molecule has 6 rings (SSSR count). The van der Waals surface area contributed by atoms with Crippen LogP contribution in [0.4, 0.5) is 4.39 Å². The fraction of sp³-hybridized carbons (Fsp3) is 0.333. The van der Waals surface area contributed by atoms with Crippen LogP contribution in [0, 0.1) is 12.7 Å². The Kier molecular flexibility index (Phi) is 10.6. The number of aryl methyl sites for hydroxylation is 1. The number of hydrogen-bond donors (Lipinski definition) is 2. The Bertz CT molecular complexity index is 1970. The van der Waals surface area contributed by atoms with Gasteiger partial charge in [-0.3, -0.25) is 4.90 Å². The third kappa shape index (κ3) is 7.62. The monoisotopic (exact) mass is 705 g/mol. The number of pyridine rings is 1. The van der Waals surface area contributed by atoms with Crippen LogP contribution in [-0.4, -0.2) is 93.4 Å². The largest absolute Gasteiger partial charge is 0.508 e. The zero-order chi connectivity index (χ0) is 34.7. The number of nitrogens with zero attached hydrogens (tertiary/aromatic N) is 5. The lowest BCUT2D eigenvalue weighted by atomic mass is 9.97. The number of piperazine rings is 1. The summed E-state index contributed by atoms with van der Waals surface area (Å²) in [6, 6.07) is 12.6. The Hall–Kier alpha value is -4.36. The Morgan fingerprint density at radius 3 is 2.51 bits per heavy atom. The van der Waals surface area contributed by atoms with E-state index in [1.54, 1.807) is 36.5 Å². The Balaban J connectivity index is 1.43. The van der Waals surface area contributed by atoms with Gasteiger partial charge in [0.25, 0.3) is 0 Å². The number of carboxylic acid groups (broad SMARTS) is 1. The number of hydrogen-bond acceptors (Lipinski definition) is 10. The van der Waals surface area contributed by atoms with Crippen LogP contribution in [0.25, 0.3) is 31.8 Å². The highest BCUT2D eigenvalue weighted by atomic mass is 35.5. The molecule has 1 saturated heterocycles. The van der Waals surface area contributed by atoms with E-state index in [4.69, 9.17) is 26.1 Å². The number of carbonyl (C=O) groups is 1. The van der Waals surface area contributed by atoms with Crippen LogP contribution in [0.2, 0.25) is 5.02 Å². The molecule has 2 aromatic carbocycles. The van der Waals surface area contributed by atoms with Gasteiger partial charge in [0.2, 0.25) is 17.9 Å². The number of aromatic nitrogens is 3. The number of benzene rings is 2. The van der Waals surface area contributed by atoms with E-state index in [1.165, 1.54) is 29.5 Å². The SMILES string of the molecule is CCc1nc(O[C@H](Cc2ccccc2O)C(=O)O)c2c(-c3cnc(OCCN4CCN(C)CC4)c(Cl)c3C)c(-c3ccc(F)cc3)sc2n1. The number of fused-ring (bicyclic) bond motifs is 1. The van der Waals surface area contributed by atoms with E-state index in [-0.39, 0.29) is 23.9 Å². The number of halogens is 2. The van der Waals surface area contributed by atoms with Crippen LogP contribution in [-0.2, 0) is 17.6 Å². The Morgan fingerprint density at radius 1 is 1.08 bits per heavy atom. The van der Waals surface area contributed by atoms with E-state index in [1.807, 2.05) is 13.8 Å². The van der Waals surface area contributed by atoms with Crippen LogP contribution in [0.3, 0.4) is 0 Å². The minimum absolute atomic E-state index is 0.0311. The highest BCUT2D eigenvalue weighted by Gasteiger charge is 2.29. The number of phenolic OH excluding ortho intramolecular Hbond substituents is 1. The summed E-state index contributed by atoms with van der Waals surface area (Å²) < 4.78 is 26.4. The molecule has 1 aliphatic rings. The molecular formula is C36H37ClFN5O5S. The molecule has 0 unspecified atom stereocenters. The molecule has 0 saturated carbocycles. The lowest BCUT2D eigenvalue weighted by Crippen LogP contribution is -2.45. The molecule has 1 fully saturated rings. The van der Waals surface area contributed by atoms with Crippen molar-refractivity contribution < 1.29 is 28.9 Å². The third-order valence-corrected chi connectivity index (χ3v) is 10.2. The minimum atomic E-state index is -1.38. The van der Waals surface area contributed by atoms with Crippen LogP contribution < -0.4 is 9.47 Å². The minimum Gasteiger partial charge on any atom is -0.508 e. The number of para-hydroxylation sites is 1. The van der Waals surface area contributed by atoms with E-state index < -0.39 is 12.1 Å². The van der Waals surface area contributed by atoms with E-state index in [0.29, 0.717) is 62.2 Å². The summed E-state index contributed by atoms with van der Waals surface area (Å²) in [5.74, 6) is -0.777. The van der Waals surface area contributed by atoms with Gasteiger partial charge < -0.3 is 24.6 Å². The quantitative estimate of drug-likeness (QED) is 0.149. The van der Waals surface area contributed by atoms with Gasteiger partial charge in [-0.2, -0.15) is 4.98 Å². The molecule has 0 aliphatic carbocycles. The average Bonchev–Trinajstić information content (AvgIpc) is 3.47. The van der Waals surface area contributed by atoms with Gasteiger partial charge >= 0.3 is 5.97 Å². The number of aliphatic carboxylic acids is 1. The molecule has 0 bridgehead atoms. The summed E-state index contributed by atoms with van der Waals surface area (Å²) in [5.41, 5.74) is 3.10. The molecule has 2 N–H and O–H groups in total. The first kappa shape index (κ1) is 34.5. The van der Waals surface area contributed by atoms with Gasteiger partial charge in [0.1, 0.15) is 33.9 Å². The smallest absolute Gasteiger partial charge is 0.345 e. The van der Waals surface area contributed by atoms with Crippen LogP contribution in [0.1, 0.15) is 23.9 Å². The lowest BCUT2D eigenvalue weighted by Gasteiger charge is -2.32. The predicted octanol–water partition coefficient (Wildman–Crippen LogP) is 6.49. The molecule has 49 heavy (non-hydrogen) atoms. The molecule has 1 aliphatic heterocycles. The molecule has 256 valence electrons. The van der Waals surface area contributed by atoms with Crippen molar-refractivity contribution in [3.05, 3.63) is 82.5 Å². The number of rotatable bonds is 12. The number of carboxylic acids is 1. The highest BCUT2D eigenvalue weighted by Crippen LogP contribution is 2.49. The maximum atomic E-state index is 14.1. The first-order valence-electron chi connectivity index (χ1n) is 16.1. The summed E-state index contributed by atoms with van der Waals surface area (Å²) in [6.07, 6.45) is 0.660. The lowest BCUT2D eigenvalue weighted by molar-refractivity contribution is -0.145. The second-order valence-corrected chi connectivity index (χ2v) is 13.4. The van der Waals surface area contributed by atoms with Gasteiger partial charge in [-0.15, -0.1) is 11.3 Å². The molecule has 5 aromatic rings. The average molecular weight is 706 g/mol. The maximum absolute atomic E-state index is 14.1. The van der Waals surface area contributed by atoms with Crippen molar-refractivity contribution in [3.63, 3.8) is 0 Å². The van der Waals surface area contributed by atoms with Gasteiger partial charge in [0.15, 0.2) is 0 Å². The number of likely N-dealkylation sites (N-methyl/N-ethyl adjacent to an activating group) is 1. The number of phenols is 1. The first-order valence-corrected chi connectivity index (χ1v) is 17.3. The standard InChI is InChI=1S/C36H37ClFN5O5S/c1-4-28-40-33(48-27(36(45)46)19-23-7-5-6-8-26(23)44)30-29(32(49-35(30)41-28)22-9-11-24(38)12-10-22)25-20-39-34(31(37)21(25)2)47-18-17-43-15-13-42(3)14-16-43/h5-12,20,27,44H,4,13-19H2,1-3H3,(H,45,46)/t27-/m1/s1. The molecule has 1 atom stereocenters. The second-order valence-electron chi connectivity index (χ2n) is 12.0. The third-order valence-electron chi connectivity index (χ3n) is 8.66. The van der Waals surface area contributed by atoms with Gasteiger partial charge in [-0.05, 0) is 48.9 Å². The van der Waals surface area contributed by atoms with E-state index in [0.717, 1.165) is 43.2 Å². The molecule has 0 radical (unpaired) electrons. The first-order chi connectivity index (χ1) is 23.6. The molecule has 4 heterocycles. The number of aromatic hydroxyl groups is 1. The van der Waals surface area contributed by atoms with Gasteiger partial charge in [-0.1, -0.05) is 48.9 Å².